The van der Waals surface area contributed by atoms with E-state index in [2.05, 4.69) is 81.5 Å². The maximum atomic E-state index is 12.7. The molecule has 63 heavy (non-hydrogen) atoms. The molecule has 0 aliphatic carbocycles. The van der Waals surface area contributed by atoms with Crippen LogP contribution in [-0.2, 0) is 28.6 Å². The van der Waals surface area contributed by atoms with Gasteiger partial charge >= 0.3 is 17.9 Å². The second kappa shape index (κ2) is 51.5. The third-order valence-corrected chi connectivity index (χ3v) is 11.2. The predicted octanol–water partition coefficient (Wildman–Crippen LogP) is 17.4. The Balaban J connectivity index is 4.40. The van der Waals surface area contributed by atoms with E-state index in [0.29, 0.717) is 19.3 Å². The molecule has 6 nitrogen and oxygen atoms in total. The van der Waals surface area contributed by atoms with Crippen LogP contribution in [0.3, 0.4) is 0 Å². The number of carbonyl (C=O) groups is 3. The largest absolute Gasteiger partial charge is 0.462 e. The number of unbranched alkanes of at least 4 members (excludes halogenated alkanes) is 24. The zero-order chi connectivity index (χ0) is 45.8. The lowest BCUT2D eigenvalue weighted by Gasteiger charge is -2.18. The molecule has 0 saturated carbocycles. The summed E-state index contributed by atoms with van der Waals surface area (Å²) in [5, 5.41) is 0. The Bertz CT molecular complexity index is 1190. The smallest absolute Gasteiger partial charge is 0.306 e. The quantitative estimate of drug-likeness (QED) is 0.0262. The first kappa shape index (κ1) is 59.9. The van der Waals surface area contributed by atoms with Crippen LogP contribution in [0, 0.1) is 0 Å². The van der Waals surface area contributed by atoms with Gasteiger partial charge in [-0.25, -0.2) is 0 Å². The average Bonchev–Trinajstić information content (AvgIpc) is 3.28. The van der Waals surface area contributed by atoms with Gasteiger partial charge in [-0.3, -0.25) is 14.4 Å². The Morgan fingerprint density at radius 3 is 1.10 bits per heavy atom. The van der Waals surface area contributed by atoms with E-state index < -0.39 is 12.1 Å². The van der Waals surface area contributed by atoms with Gasteiger partial charge in [0, 0.05) is 19.3 Å². The normalized spacial score (nSPS) is 12.6. The first-order chi connectivity index (χ1) is 31.0. The summed E-state index contributed by atoms with van der Waals surface area (Å²) in [5.74, 6) is -1.00. The fraction of sp³-hybridized carbons (Fsp3) is 0.737. The molecule has 0 amide bonds. The zero-order valence-electron chi connectivity index (χ0n) is 41.3. The average molecular weight is 879 g/mol. The molecule has 0 aromatic heterocycles. The van der Waals surface area contributed by atoms with E-state index in [1.807, 2.05) is 12.2 Å². The molecule has 1 unspecified atom stereocenters. The molecule has 0 heterocycles. The number of ether oxygens (including phenoxy) is 3. The van der Waals surface area contributed by atoms with E-state index in [1.54, 1.807) is 0 Å². The van der Waals surface area contributed by atoms with Gasteiger partial charge in [-0.2, -0.15) is 0 Å². The van der Waals surface area contributed by atoms with E-state index in [1.165, 1.54) is 109 Å². The molecular formula is C57H98O6. The summed E-state index contributed by atoms with van der Waals surface area (Å²) in [5.41, 5.74) is 0. The molecule has 0 aromatic carbocycles. The number of esters is 3. The molecule has 0 radical (unpaired) electrons. The van der Waals surface area contributed by atoms with Crippen molar-refractivity contribution in [2.45, 2.75) is 258 Å². The van der Waals surface area contributed by atoms with Crippen molar-refractivity contribution >= 4 is 17.9 Å². The zero-order valence-corrected chi connectivity index (χ0v) is 41.3. The topological polar surface area (TPSA) is 78.9 Å². The molecule has 0 rings (SSSR count). The van der Waals surface area contributed by atoms with Gasteiger partial charge in [0.15, 0.2) is 6.10 Å². The van der Waals surface area contributed by atoms with Crippen molar-refractivity contribution in [1.29, 1.82) is 0 Å². The standard InChI is InChI=1S/C57H98O6/c1-4-7-10-13-16-19-22-25-26-27-28-29-30-33-35-38-41-44-47-50-56(59)62-53-54(63-57(60)51-48-45-42-39-36-32-24-21-18-15-12-9-6-3)52-61-55(58)49-46-43-40-37-34-31-23-20-17-14-11-8-5-2/h9,11-12,14,18,20-21,23,32,36,42,45,54H,4-8,10,13,15-17,19,22,24-31,33-35,37-41,43-44,46-53H2,1-3H3/b12-9-,14-11-,21-18-,23-20-,36-32-,45-42-. The minimum absolute atomic E-state index is 0.107. The van der Waals surface area contributed by atoms with E-state index >= 15 is 0 Å². The Hall–Kier alpha value is -3.15. The second-order valence-corrected chi connectivity index (χ2v) is 17.4. The fourth-order valence-electron chi connectivity index (χ4n) is 7.26. The van der Waals surface area contributed by atoms with Crippen LogP contribution < -0.4 is 0 Å². The van der Waals surface area contributed by atoms with Crippen molar-refractivity contribution < 1.29 is 28.6 Å². The van der Waals surface area contributed by atoms with Crippen LogP contribution in [0.2, 0.25) is 0 Å². The number of allylic oxidation sites excluding steroid dienone is 12. The van der Waals surface area contributed by atoms with Gasteiger partial charge in [-0.05, 0) is 70.6 Å². The monoisotopic (exact) mass is 879 g/mol. The van der Waals surface area contributed by atoms with Crippen molar-refractivity contribution in [1.82, 2.24) is 0 Å². The van der Waals surface area contributed by atoms with E-state index in [-0.39, 0.29) is 31.6 Å². The molecule has 6 heteroatoms. The Kier molecular flexibility index (Phi) is 48.9. The highest BCUT2D eigenvalue weighted by Crippen LogP contribution is 2.16. The van der Waals surface area contributed by atoms with Crippen LogP contribution in [0.25, 0.3) is 0 Å². The highest BCUT2D eigenvalue weighted by molar-refractivity contribution is 5.71. The lowest BCUT2D eigenvalue weighted by atomic mass is 10.0. The molecule has 362 valence electrons. The molecule has 0 N–H and O–H groups in total. The molecule has 0 fully saturated rings. The Labute approximate surface area is 389 Å². The van der Waals surface area contributed by atoms with Gasteiger partial charge in [0.2, 0.25) is 0 Å². The maximum Gasteiger partial charge on any atom is 0.306 e. The van der Waals surface area contributed by atoms with Gasteiger partial charge < -0.3 is 14.2 Å². The summed E-state index contributed by atoms with van der Waals surface area (Å²) in [6.07, 6.45) is 64.8. The second-order valence-electron chi connectivity index (χ2n) is 17.4. The van der Waals surface area contributed by atoms with Crippen LogP contribution in [0.15, 0.2) is 72.9 Å². The molecule has 1 atom stereocenters. The number of hydrogen-bond acceptors (Lipinski definition) is 6. The molecule has 0 aliphatic heterocycles. The van der Waals surface area contributed by atoms with Crippen molar-refractivity contribution in [3.05, 3.63) is 72.9 Å². The van der Waals surface area contributed by atoms with Gasteiger partial charge in [0.05, 0.1) is 0 Å². The van der Waals surface area contributed by atoms with Crippen LogP contribution in [0.5, 0.6) is 0 Å². The number of rotatable bonds is 47. The van der Waals surface area contributed by atoms with E-state index in [0.717, 1.165) is 96.3 Å². The maximum absolute atomic E-state index is 12.7. The number of hydrogen-bond donors (Lipinski definition) is 0. The third kappa shape index (κ3) is 49.7. The highest BCUT2D eigenvalue weighted by atomic mass is 16.6. The first-order valence-corrected chi connectivity index (χ1v) is 26.4. The summed E-state index contributed by atoms with van der Waals surface area (Å²) >= 11 is 0. The first-order valence-electron chi connectivity index (χ1n) is 26.4. The molecule has 0 aromatic rings. The summed E-state index contributed by atoms with van der Waals surface area (Å²) in [4.78, 5) is 37.9. The van der Waals surface area contributed by atoms with E-state index in [4.69, 9.17) is 14.2 Å². The fourth-order valence-corrected chi connectivity index (χ4v) is 7.26. The SMILES string of the molecule is CC/C=C\C/C=C\C/C=C\C/C=C\CCC(=O)OC(COC(=O)CCCCCCC/C=C\C/C=C\CCC)COC(=O)CCCCCCCCCCCCCCCCCCCCC. The Morgan fingerprint density at radius 2 is 0.683 bits per heavy atom. The van der Waals surface area contributed by atoms with Crippen molar-refractivity contribution in [2.75, 3.05) is 13.2 Å². The molecule has 0 aliphatic rings. The van der Waals surface area contributed by atoms with Crippen molar-refractivity contribution in [3.8, 4) is 0 Å². The highest BCUT2D eigenvalue weighted by Gasteiger charge is 2.19. The van der Waals surface area contributed by atoms with Crippen LogP contribution in [0.1, 0.15) is 252 Å². The van der Waals surface area contributed by atoms with Gasteiger partial charge in [-0.15, -0.1) is 0 Å². The van der Waals surface area contributed by atoms with Crippen LogP contribution >= 0.6 is 0 Å². The molecule has 0 saturated heterocycles. The Morgan fingerprint density at radius 1 is 0.333 bits per heavy atom. The summed E-state index contributed by atoms with van der Waals surface area (Å²) < 4.78 is 16.7. The minimum atomic E-state index is -0.817. The van der Waals surface area contributed by atoms with E-state index in [9.17, 15) is 14.4 Å². The van der Waals surface area contributed by atoms with Gasteiger partial charge in [-0.1, -0.05) is 235 Å². The number of carbonyl (C=O) groups excluding carboxylic acids is 3. The van der Waals surface area contributed by atoms with Gasteiger partial charge in [0.1, 0.15) is 13.2 Å². The van der Waals surface area contributed by atoms with Crippen LogP contribution in [-0.4, -0.2) is 37.2 Å². The summed E-state index contributed by atoms with van der Waals surface area (Å²) in [7, 11) is 0. The minimum Gasteiger partial charge on any atom is -0.462 e. The summed E-state index contributed by atoms with van der Waals surface area (Å²) in [6, 6.07) is 0. The third-order valence-electron chi connectivity index (χ3n) is 11.2. The lowest BCUT2D eigenvalue weighted by molar-refractivity contribution is -0.166. The molecular weight excluding hydrogens is 781 g/mol. The van der Waals surface area contributed by atoms with Crippen LogP contribution in [0.4, 0.5) is 0 Å². The predicted molar refractivity (Wildman–Crippen MR) is 270 cm³/mol. The lowest BCUT2D eigenvalue weighted by Crippen LogP contribution is -2.30. The summed E-state index contributed by atoms with van der Waals surface area (Å²) in [6.45, 7) is 6.40. The van der Waals surface area contributed by atoms with Gasteiger partial charge in [0.25, 0.3) is 0 Å². The van der Waals surface area contributed by atoms with Crippen molar-refractivity contribution in [3.63, 3.8) is 0 Å². The molecule has 0 spiro atoms. The van der Waals surface area contributed by atoms with Crippen molar-refractivity contribution in [2.24, 2.45) is 0 Å². The molecule has 0 bridgehead atoms.